The maximum absolute atomic E-state index is 6.19. The third kappa shape index (κ3) is 1.44. The quantitative estimate of drug-likeness (QED) is 0.747. The molecule has 0 bridgehead atoms. The third-order valence-electron chi connectivity index (χ3n) is 3.36. The molecule has 0 aromatic heterocycles. The van der Waals surface area contributed by atoms with Crippen molar-refractivity contribution in [3.8, 4) is 0 Å². The summed E-state index contributed by atoms with van der Waals surface area (Å²) in [6, 6.07) is 13.2. The van der Waals surface area contributed by atoms with Crippen molar-refractivity contribution in [2.45, 2.75) is 25.3 Å². The van der Waals surface area contributed by atoms with Crippen molar-refractivity contribution < 1.29 is 0 Å². The van der Waals surface area contributed by atoms with Crippen LogP contribution in [0, 0.1) is 6.92 Å². The fourth-order valence-electron chi connectivity index (χ4n) is 2.10. The van der Waals surface area contributed by atoms with Gasteiger partial charge < -0.3 is 5.73 Å². The van der Waals surface area contributed by atoms with E-state index in [4.69, 9.17) is 5.73 Å². The smallest absolute Gasteiger partial charge is 0.0411 e. The summed E-state index contributed by atoms with van der Waals surface area (Å²) in [5.41, 5.74) is 8.77. The van der Waals surface area contributed by atoms with Crippen molar-refractivity contribution in [1.29, 1.82) is 0 Å². The summed E-state index contributed by atoms with van der Waals surface area (Å²) in [4.78, 5) is 0. The monoisotopic (exact) mass is 197 g/mol. The second kappa shape index (κ2) is 2.83. The molecule has 1 fully saturated rings. The van der Waals surface area contributed by atoms with E-state index in [0.717, 1.165) is 12.8 Å². The predicted octanol–water partition coefficient (Wildman–Crippen LogP) is 3.10. The van der Waals surface area contributed by atoms with Crippen molar-refractivity contribution in [1.82, 2.24) is 0 Å². The first-order chi connectivity index (χ1) is 7.17. The predicted molar refractivity (Wildman–Crippen MR) is 63.8 cm³/mol. The topological polar surface area (TPSA) is 26.0 Å². The molecule has 0 unspecified atom stereocenters. The highest BCUT2D eigenvalue weighted by Crippen LogP contribution is 2.43. The van der Waals surface area contributed by atoms with Crippen LogP contribution in [-0.2, 0) is 5.54 Å². The molecule has 1 nitrogen and oxygen atoms in total. The van der Waals surface area contributed by atoms with Crippen LogP contribution in [0.3, 0.4) is 0 Å². The van der Waals surface area contributed by atoms with Gasteiger partial charge in [-0.2, -0.15) is 0 Å². The molecule has 15 heavy (non-hydrogen) atoms. The molecule has 2 aromatic rings. The summed E-state index contributed by atoms with van der Waals surface area (Å²) in [6.07, 6.45) is 2.26. The van der Waals surface area contributed by atoms with Gasteiger partial charge in [-0.1, -0.05) is 35.9 Å². The lowest BCUT2D eigenvalue weighted by atomic mass is 10.00. The Morgan fingerprint density at radius 2 is 1.67 bits per heavy atom. The Bertz CT molecular complexity index is 524. The maximum atomic E-state index is 6.19. The minimum absolute atomic E-state index is 0.0148. The lowest BCUT2D eigenvalue weighted by molar-refractivity contribution is 0.741. The Labute approximate surface area is 89.9 Å². The van der Waals surface area contributed by atoms with Crippen LogP contribution < -0.4 is 5.73 Å². The van der Waals surface area contributed by atoms with E-state index in [1.54, 1.807) is 0 Å². The fourth-order valence-corrected chi connectivity index (χ4v) is 2.10. The highest BCUT2D eigenvalue weighted by molar-refractivity contribution is 5.84. The second-order valence-corrected chi connectivity index (χ2v) is 4.72. The van der Waals surface area contributed by atoms with Crippen molar-refractivity contribution in [2.75, 3.05) is 0 Å². The van der Waals surface area contributed by atoms with Crippen LogP contribution in [-0.4, -0.2) is 0 Å². The van der Waals surface area contributed by atoms with E-state index in [-0.39, 0.29) is 5.54 Å². The van der Waals surface area contributed by atoms with Crippen LogP contribution in [0.4, 0.5) is 0 Å². The second-order valence-electron chi connectivity index (χ2n) is 4.72. The lowest BCUT2D eigenvalue weighted by Crippen LogP contribution is -2.18. The maximum Gasteiger partial charge on any atom is 0.0411 e. The summed E-state index contributed by atoms with van der Waals surface area (Å²) in [5, 5.41) is 2.61. The van der Waals surface area contributed by atoms with E-state index in [0.29, 0.717) is 0 Å². The van der Waals surface area contributed by atoms with Gasteiger partial charge in [-0.3, -0.25) is 0 Å². The molecule has 2 N–H and O–H groups in total. The van der Waals surface area contributed by atoms with Gasteiger partial charge in [-0.05, 0) is 42.2 Å². The number of benzene rings is 2. The fraction of sp³-hybridized carbons (Fsp3) is 0.286. The first-order valence-electron chi connectivity index (χ1n) is 5.47. The number of fused-ring (bicyclic) bond motifs is 1. The average molecular weight is 197 g/mol. The minimum atomic E-state index is -0.0148. The Morgan fingerprint density at radius 1 is 1.00 bits per heavy atom. The number of rotatable bonds is 1. The number of nitrogens with two attached hydrogens (primary N) is 1. The molecule has 0 atom stereocenters. The first kappa shape index (κ1) is 8.93. The average Bonchev–Trinajstić information content (AvgIpc) is 2.97. The molecule has 0 radical (unpaired) electrons. The van der Waals surface area contributed by atoms with Crippen LogP contribution in [0.25, 0.3) is 10.8 Å². The van der Waals surface area contributed by atoms with Gasteiger partial charge >= 0.3 is 0 Å². The zero-order valence-corrected chi connectivity index (χ0v) is 8.96. The molecule has 1 heteroatoms. The van der Waals surface area contributed by atoms with Gasteiger partial charge in [0.1, 0.15) is 0 Å². The van der Waals surface area contributed by atoms with Crippen molar-refractivity contribution in [3.63, 3.8) is 0 Å². The Hall–Kier alpha value is -1.34. The van der Waals surface area contributed by atoms with Crippen molar-refractivity contribution in [2.24, 2.45) is 5.73 Å². The molecular weight excluding hydrogens is 182 g/mol. The summed E-state index contributed by atoms with van der Waals surface area (Å²) in [5.74, 6) is 0. The molecule has 0 saturated heterocycles. The number of aryl methyl sites for hydroxylation is 1. The molecule has 76 valence electrons. The van der Waals surface area contributed by atoms with Crippen LogP contribution in [0.5, 0.6) is 0 Å². The SMILES string of the molecule is Cc1ccc2cc(C3(N)CC3)ccc2c1. The van der Waals surface area contributed by atoms with Gasteiger partial charge in [-0.15, -0.1) is 0 Å². The molecule has 2 aromatic carbocycles. The normalized spacial score (nSPS) is 18.0. The number of hydrogen-bond donors (Lipinski definition) is 1. The Kier molecular flexibility index (Phi) is 1.68. The molecule has 3 rings (SSSR count). The molecule has 0 aliphatic heterocycles. The van der Waals surface area contributed by atoms with Gasteiger partial charge in [0.05, 0.1) is 0 Å². The number of hydrogen-bond acceptors (Lipinski definition) is 1. The molecule has 1 saturated carbocycles. The summed E-state index contributed by atoms with van der Waals surface area (Å²) < 4.78 is 0. The van der Waals surface area contributed by atoms with Gasteiger partial charge in [0.25, 0.3) is 0 Å². The molecule has 0 amide bonds. The van der Waals surface area contributed by atoms with E-state index in [1.807, 2.05) is 0 Å². The largest absolute Gasteiger partial charge is 0.321 e. The Morgan fingerprint density at radius 3 is 2.40 bits per heavy atom. The summed E-state index contributed by atoms with van der Waals surface area (Å²) in [6.45, 7) is 2.12. The van der Waals surface area contributed by atoms with Crippen LogP contribution in [0.1, 0.15) is 24.0 Å². The molecule has 0 spiro atoms. The zero-order chi connectivity index (χ0) is 10.5. The van der Waals surface area contributed by atoms with Crippen LogP contribution in [0.2, 0.25) is 0 Å². The van der Waals surface area contributed by atoms with E-state index in [1.165, 1.54) is 21.9 Å². The Balaban J connectivity index is 2.18. The molecule has 1 aliphatic rings. The zero-order valence-electron chi connectivity index (χ0n) is 8.96. The lowest BCUT2D eigenvalue weighted by Gasteiger charge is -2.10. The third-order valence-corrected chi connectivity index (χ3v) is 3.36. The van der Waals surface area contributed by atoms with Gasteiger partial charge in [0.15, 0.2) is 0 Å². The highest BCUT2D eigenvalue weighted by atomic mass is 14.8. The van der Waals surface area contributed by atoms with E-state index < -0.39 is 0 Å². The molecular formula is C14H15N. The van der Waals surface area contributed by atoms with E-state index >= 15 is 0 Å². The summed E-state index contributed by atoms with van der Waals surface area (Å²) >= 11 is 0. The molecule has 1 aliphatic carbocycles. The summed E-state index contributed by atoms with van der Waals surface area (Å²) in [7, 11) is 0. The van der Waals surface area contributed by atoms with Gasteiger partial charge in [0.2, 0.25) is 0 Å². The van der Waals surface area contributed by atoms with Crippen LogP contribution >= 0.6 is 0 Å². The van der Waals surface area contributed by atoms with Crippen molar-refractivity contribution in [3.05, 3.63) is 47.5 Å². The standard InChI is InChI=1S/C14H15N/c1-10-2-3-12-9-13(14(15)6-7-14)5-4-11(12)8-10/h2-5,8-9H,6-7,15H2,1H3. The minimum Gasteiger partial charge on any atom is -0.321 e. The van der Waals surface area contributed by atoms with Gasteiger partial charge in [0, 0.05) is 5.54 Å². The van der Waals surface area contributed by atoms with E-state index in [2.05, 4.69) is 43.3 Å². The first-order valence-corrected chi connectivity index (χ1v) is 5.47. The van der Waals surface area contributed by atoms with E-state index in [9.17, 15) is 0 Å². The van der Waals surface area contributed by atoms with Crippen molar-refractivity contribution >= 4 is 10.8 Å². The van der Waals surface area contributed by atoms with Gasteiger partial charge in [-0.25, -0.2) is 0 Å². The highest BCUT2D eigenvalue weighted by Gasteiger charge is 2.39. The molecule has 0 heterocycles. The van der Waals surface area contributed by atoms with Crippen LogP contribution in [0.15, 0.2) is 36.4 Å².